The van der Waals surface area contributed by atoms with Gasteiger partial charge in [0.15, 0.2) is 12.2 Å². The van der Waals surface area contributed by atoms with Gasteiger partial charge < -0.3 is 38.5 Å². The minimum Gasteiger partial charge on any atom is -0.478 e. The Bertz CT molecular complexity index is 1200. The van der Waals surface area contributed by atoms with E-state index in [1.165, 1.54) is 19.9 Å². The third-order valence-electron chi connectivity index (χ3n) is 6.10. The molecule has 17 heteroatoms. The molecule has 0 aromatic rings. The highest BCUT2D eigenvalue weighted by atomic mass is 16.6. The third kappa shape index (κ3) is 17.0. The summed E-state index contributed by atoms with van der Waals surface area (Å²) in [6, 6.07) is -2.50. The molecule has 0 saturated heterocycles. The van der Waals surface area contributed by atoms with E-state index >= 15 is 0 Å². The zero-order valence-electron chi connectivity index (χ0n) is 30.3. The van der Waals surface area contributed by atoms with Crippen LogP contribution in [0.2, 0.25) is 0 Å². The summed E-state index contributed by atoms with van der Waals surface area (Å²) in [6.45, 7) is 14.9. The summed E-state index contributed by atoms with van der Waals surface area (Å²) in [5, 5.41) is 7.45. The van der Waals surface area contributed by atoms with E-state index < -0.39 is 90.2 Å². The molecule has 0 saturated carbocycles. The van der Waals surface area contributed by atoms with E-state index in [1.807, 2.05) is 6.92 Å². The molecule has 5 atom stereocenters. The van der Waals surface area contributed by atoms with Crippen molar-refractivity contribution < 1.29 is 61.9 Å². The highest BCUT2D eigenvalue weighted by Gasteiger charge is 2.47. The molecular formula is C32H52N4O13. The molecular weight excluding hydrogens is 648 g/mol. The van der Waals surface area contributed by atoms with Gasteiger partial charge in [-0.05, 0) is 54.0 Å². The van der Waals surface area contributed by atoms with Crippen LogP contribution in [0.25, 0.3) is 0 Å². The number of guanidine groups is 1. The second kappa shape index (κ2) is 19.6. The van der Waals surface area contributed by atoms with Gasteiger partial charge in [0.25, 0.3) is 0 Å². The van der Waals surface area contributed by atoms with Crippen LogP contribution in [0.4, 0.5) is 9.59 Å². The summed E-state index contributed by atoms with van der Waals surface area (Å²) in [5.41, 5.74) is -1.87. The molecule has 3 amide bonds. The average molecular weight is 701 g/mol. The SMILES string of the molecule is CCCCCO[C@@H]([C@@H]1OC(C(=O)OC)=C[C@H](N=C(NC(=O)OC(C)(C)C)NC(=O)OC(C)(C)C)[C@H]1NC(C)=O)[C@@H](COC(C)=O)OC(C)=O. The van der Waals surface area contributed by atoms with Gasteiger partial charge in [-0.2, -0.15) is 0 Å². The van der Waals surface area contributed by atoms with Crippen molar-refractivity contribution in [1.82, 2.24) is 16.0 Å². The number of aliphatic imine (C=N–C) groups is 1. The maximum absolute atomic E-state index is 12.9. The summed E-state index contributed by atoms with van der Waals surface area (Å²) >= 11 is 0. The first kappa shape index (κ1) is 42.6. The predicted octanol–water partition coefficient (Wildman–Crippen LogP) is 2.79. The Kier molecular flexibility index (Phi) is 17.0. The molecule has 1 heterocycles. The number of ether oxygens (including phenoxy) is 7. The van der Waals surface area contributed by atoms with Crippen LogP contribution in [0.1, 0.15) is 88.5 Å². The van der Waals surface area contributed by atoms with Crippen LogP contribution in [0.3, 0.4) is 0 Å². The smallest absolute Gasteiger partial charge is 0.414 e. The zero-order chi connectivity index (χ0) is 37.5. The van der Waals surface area contributed by atoms with Gasteiger partial charge in [-0.15, -0.1) is 0 Å². The number of alkyl carbamates (subject to hydrolysis) is 2. The monoisotopic (exact) mass is 700 g/mol. The molecule has 0 aromatic heterocycles. The number of unbranched alkanes of at least 4 members (excludes halogenated alkanes) is 2. The van der Waals surface area contributed by atoms with Gasteiger partial charge >= 0.3 is 30.1 Å². The Morgan fingerprint density at radius 1 is 0.898 bits per heavy atom. The molecule has 278 valence electrons. The maximum Gasteiger partial charge on any atom is 0.414 e. The van der Waals surface area contributed by atoms with Crippen LogP contribution >= 0.6 is 0 Å². The number of hydrogen-bond acceptors (Lipinski definition) is 14. The predicted molar refractivity (Wildman–Crippen MR) is 174 cm³/mol. The lowest BCUT2D eigenvalue weighted by molar-refractivity contribution is -0.182. The van der Waals surface area contributed by atoms with E-state index in [4.69, 9.17) is 33.2 Å². The number of amides is 3. The van der Waals surface area contributed by atoms with E-state index in [1.54, 1.807) is 41.5 Å². The molecule has 1 aliphatic rings. The highest BCUT2D eigenvalue weighted by Crippen LogP contribution is 2.28. The number of esters is 3. The Balaban J connectivity index is 3.93. The molecule has 0 fully saturated rings. The van der Waals surface area contributed by atoms with Crippen LogP contribution in [-0.4, -0.2) is 104 Å². The average Bonchev–Trinajstić information content (AvgIpc) is 2.93. The molecule has 3 N–H and O–H groups in total. The lowest BCUT2D eigenvalue weighted by atomic mass is 9.92. The minimum atomic E-state index is -1.36. The van der Waals surface area contributed by atoms with Crippen LogP contribution in [0.5, 0.6) is 0 Å². The fraction of sp³-hybridized carbons (Fsp3) is 0.719. The molecule has 0 unspecified atom stereocenters. The van der Waals surface area contributed by atoms with Crippen molar-refractivity contribution >= 4 is 42.0 Å². The standard InChI is InChI=1S/C32H52N4O13/c1-12-13-14-15-44-25(23(46-20(4)39)17-45-19(3)38)26-24(33-18(2)37)21(16-22(47-26)27(40)43-11)34-28(35-29(41)48-31(5,6)7)36-30(42)49-32(8,9)10/h16,21,23-26H,12-15,17H2,1-11H3,(H,33,37)(H2,34,35,36,41,42)/t21-,23+,24+,25+,26+/m0/s1. The van der Waals surface area contributed by atoms with Crippen molar-refractivity contribution in [2.24, 2.45) is 4.99 Å². The Labute approximate surface area is 287 Å². The van der Waals surface area contributed by atoms with Gasteiger partial charge in [-0.1, -0.05) is 19.8 Å². The van der Waals surface area contributed by atoms with Gasteiger partial charge in [0.05, 0.1) is 19.2 Å². The fourth-order valence-electron chi connectivity index (χ4n) is 4.36. The number of rotatable bonds is 13. The van der Waals surface area contributed by atoms with Crippen LogP contribution in [0.15, 0.2) is 16.8 Å². The fourth-order valence-corrected chi connectivity index (χ4v) is 4.36. The first-order chi connectivity index (χ1) is 22.6. The van der Waals surface area contributed by atoms with Gasteiger partial charge in [-0.25, -0.2) is 19.4 Å². The third-order valence-corrected chi connectivity index (χ3v) is 6.10. The Hall–Kier alpha value is -4.41. The van der Waals surface area contributed by atoms with E-state index in [0.29, 0.717) is 6.42 Å². The first-order valence-electron chi connectivity index (χ1n) is 15.9. The molecule has 1 aliphatic heterocycles. The summed E-state index contributed by atoms with van der Waals surface area (Å²) in [5.74, 6) is -3.77. The summed E-state index contributed by atoms with van der Waals surface area (Å²) in [4.78, 5) is 79.6. The van der Waals surface area contributed by atoms with Gasteiger partial charge in [-0.3, -0.25) is 25.0 Å². The van der Waals surface area contributed by atoms with E-state index in [2.05, 4.69) is 20.9 Å². The van der Waals surface area contributed by atoms with Gasteiger partial charge in [0.1, 0.15) is 23.9 Å². The highest BCUT2D eigenvalue weighted by molar-refractivity contribution is 6.01. The van der Waals surface area contributed by atoms with Crippen molar-refractivity contribution in [3.63, 3.8) is 0 Å². The van der Waals surface area contributed by atoms with E-state index in [9.17, 15) is 28.8 Å². The first-order valence-corrected chi connectivity index (χ1v) is 15.9. The molecule has 0 aromatic carbocycles. The van der Waals surface area contributed by atoms with Crippen LogP contribution in [-0.2, 0) is 52.3 Å². The number of methoxy groups -OCH3 is 1. The molecule has 17 nitrogen and oxygen atoms in total. The molecule has 1 rings (SSSR count). The zero-order valence-corrected chi connectivity index (χ0v) is 30.3. The normalized spacial score (nSPS) is 18.6. The summed E-state index contributed by atoms with van der Waals surface area (Å²) in [7, 11) is 1.11. The van der Waals surface area contributed by atoms with Crippen molar-refractivity contribution in [3.05, 3.63) is 11.8 Å². The van der Waals surface area contributed by atoms with E-state index in [0.717, 1.165) is 26.9 Å². The Morgan fingerprint density at radius 3 is 1.92 bits per heavy atom. The maximum atomic E-state index is 12.9. The van der Waals surface area contributed by atoms with Crippen LogP contribution < -0.4 is 16.0 Å². The van der Waals surface area contributed by atoms with Crippen molar-refractivity contribution in [3.8, 4) is 0 Å². The number of carbonyl (C=O) groups excluding carboxylic acids is 6. The summed E-state index contributed by atoms with van der Waals surface area (Å²) < 4.78 is 38.5. The molecule has 0 bridgehead atoms. The summed E-state index contributed by atoms with van der Waals surface area (Å²) in [6.07, 6.45) is -2.48. The second-order valence-corrected chi connectivity index (χ2v) is 13.0. The topological polar surface area (TPSA) is 215 Å². The van der Waals surface area contributed by atoms with Gasteiger partial charge in [0, 0.05) is 27.4 Å². The minimum absolute atomic E-state index is 0.125. The Morgan fingerprint density at radius 2 is 1.47 bits per heavy atom. The number of hydrogen-bond donors (Lipinski definition) is 3. The van der Waals surface area contributed by atoms with Crippen molar-refractivity contribution in [2.45, 2.75) is 130 Å². The molecule has 0 radical (unpaired) electrons. The van der Waals surface area contributed by atoms with Crippen molar-refractivity contribution in [1.29, 1.82) is 0 Å². The molecule has 49 heavy (non-hydrogen) atoms. The van der Waals surface area contributed by atoms with Gasteiger partial charge in [0.2, 0.25) is 17.6 Å². The quantitative estimate of drug-likeness (QED) is 0.0829. The van der Waals surface area contributed by atoms with E-state index in [-0.39, 0.29) is 12.4 Å². The largest absolute Gasteiger partial charge is 0.478 e. The molecule has 0 spiro atoms. The number of nitrogens with one attached hydrogen (secondary N) is 3. The number of nitrogens with zero attached hydrogens (tertiary/aromatic N) is 1. The van der Waals surface area contributed by atoms with Crippen LogP contribution in [0, 0.1) is 0 Å². The van der Waals surface area contributed by atoms with Crippen molar-refractivity contribution in [2.75, 3.05) is 20.3 Å². The lowest BCUT2D eigenvalue weighted by Crippen LogP contribution is -2.61. The second-order valence-electron chi connectivity index (χ2n) is 13.0. The molecule has 0 aliphatic carbocycles. The number of carbonyl (C=O) groups is 6. The lowest BCUT2D eigenvalue weighted by Gasteiger charge is -2.41.